The maximum Gasteiger partial charge on any atom is 0.191 e. The minimum absolute atomic E-state index is 0. The van der Waals surface area contributed by atoms with Gasteiger partial charge in [-0.2, -0.15) is 0 Å². The van der Waals surface area contributed by atoms with Gasteiger partial charge in [0.1, 0.15) is 0 Å². The summed E-state index contributed by atoms with van der Waals surface area (Å²) in [5.74, 6) is 0.920. The van der Waals surface area contributed by atoms with Crippen molar-refractivity contribution in [3.05, 3.63) is 52.0 Å². The third kappa shape index (κ3) is 10.1. The molecule has 1 aliphatic rings. The highest BCUT2D eigenvalue weighted by atomic mass is 127. The van der Waals surface area contributed by atoms with Gasteiger partial charge in [-0.15, -0.1) is 35.3 Å². The summed E-state index contributed by atoms with van der Waals surface area (Å²) in [6, 6.07) is 10.8. The van der Waals surface area contributed by atoms with Crippen LogP contribution in [0.2, 0.25) is 0 Å². The van der Waals surface area contributed by atoms with Crippen LogP contribution in [0.1, 0.15) is 36.0 Å². The molecule has 1 saturated heterocycles. The van der Waals surface area contributed by atoms with Crippen molar-refractivity contribution in [2.24, 2.45) is 4.99 Å². The lowest BCUT2D eigenvalue weighted by Gasteiger charge is -2.34. The van der Waals surface area contributed by atoms with E-state index in [0.29, 0.717) is 0 Å². The van der Waals surface area contributed by atoms with Gasteiger partial charge in [-0.1, -0.05) is 30.3 Å². The highest BCUT2D eigenvalue weighted by Gasteiger charge is 2.16. The highest BCUT2D eigenvalue weighted by Crippen LogP contribution is 2.09. The van der Waals surface area contributed by atoms with E-state index in [-0.39, 0.29) is 24.0 Å². The number of halogens is 1. The van der Waals surface area contributed by atoms with Crippen molar-refractivity contribution < 1.29 is 0 Å². The number of piperazine rings is 1. The molecule has 0 bridgehead atoms. The van der Waals surface area contributed by atoms with E-state index in [1.807, 2.05) is 0 Å². The number of thiazole rings is 1. The summed E-state index contributed by atoms with van der Waals surface area (Å²) in [6.07, 6.45) is 3.27. The first-order chi connectivity index (χ1) is 15.2. The van der Waals surface area contributed by atoms with E-state index >= 15 is 0 Å². The molecule has 2 aromatic rings. The summed E-state index contributed by atoms with van der Waals surface area (Å²) < 4.78 is 0. The molecule has 2 heterocycles. The van der Waals surface area contributed by atoms with Crippen molar-refractivity contribution in [1.29, 1.82) is 0 Å². The predicted molar refractivity (Wildman–Crippen MR) is 147 cm³/mol. The smallest absolute Gasteiger partial charge is 0.191 e. The van der Waals surface area contributed by atoms with Crippen molar-refractivity contribution in [1.82, 2.24) is 25.4 Å². The number of aryl methyl sites for hydroxylation is 1. The molecule has 32 heavy (non-hydrogen) atoms. The molecule has 0 unspecified atom stereocenters. The molecular weight excluding hydrogens is 531 g/mol. The van der Waals surface area contributed by atoms with Crippen LogP contribution in [0.5, 0.6) is 0 Å². The number of nitrogens with zero attached hydrogens (tertiary/aromatic N) is 4. The van der Waals surface area contributed by atoms with E-state index in [4.69, 9.17) is 4.99 Å². The van der Waals surface area contributed by atoms with Gasteiger partial charge in [0.15, 0.2) is 5.96 Å². The quantitative estimate of drug-likeness (QED) is 0.187. The Bertz CT molecular complexity index is 774. The number of hydrogen-bond donors (Lipinski definition) is 2. The number of guanidine groups is 1. The summed E-state index contributed by atoms with van der Waals surface area (Å²) in [6.45, 7) is 13.7. The van der Waals surface area contributed by atoms with Gasteiger partial charge < -0.3 is 15.5 Å². The fourth-order valence-corrected chi connectivity index (χ4v) is 4.47. The lowest BCUT2D eigenvalue weighted by Crippen LogP contribution is -2.46. The van der Waals surface area contributed by atoms with Crippen molar-refractivity contribution in [2.75, 3.05) is 52.4 Å². The zero-order valence-electron chi connectivity index (χ0n) is 19.6. The van der Waals surface area contributed by atoms with Gasteiger partial charge in [0.25, 0.3) is 0 Å². The standard InChI is InChI=1S/C24H38N6S.HI/c1-3-25-24(27-13-11-23-20-31-21(2)28-23)26-12-7-8-14-29-15-17-30(18-16-29)19-22-9-5-4-6-10-22;/h4-6,9-10,20H,3,7-8,11-19H2,1-2H3,(H2,25,26,27);1H. The molecular formula is C24H39IN6S. The molecule has 6 nitrogen and oxygen atoms in total. The van der Waals surface area contributed by atoms with Crippen LogP contribution in [0.25, 0.3) is 0 Å². The van der Waals surface area contributed by atoms with Crippen molar-refractivity contribution in [3.63, 3.8) is 0 Å². The molecule has 0 radical (unpaired) electrons. The number of aromatic nitrogens is 1. The maximum atomic E-state index is 4.74. The topological polar surface area (TPSA) is 55.8 Å². The Labute approximate surface area is 214 Å². The molecule has 0 saturated carbocycles. The first-order valence-electron chi connectivity index (χ1n) is 11.6. The van der Waals surface area contributed by atoms with E-state index in [1.54, 1.807) is 11.3 Å². The Morgan fingerprint density at radius 2 is 1.81 bits per heavy atom. The van der Waals surface area contributed by atoms with Gasteiger partial charge in [-0.05, 0) is 38.8 Å². The predicted octanol–water partition coefficient (Wildman–Crippen LogP) is 3.77. The number of aliphatic imine (C=N–C) groups is 1. The molecule has 178 valence electrons. The second-order valence-corrected chi connectivity index (χ2v) is 9.17. The molecule has 3 rings (SSSR count). The summed E-state index contributed by atoms with van der Waals surface area (Å²) in [7, 11) is 0. The monoisotopic (exact) mass is 570 g/mol. The third-order valence-electron chi connectivity index (χ3n) is 5.55. The molecule has 0 spiro atoms. The first-order valence-corrected chi connectivity index (χ1v) is 12.5. The van der Waals surface area contributed by atoms with E-state index in [9.17, 15) is 0 Å². The molecule has 0 aliphatic carbocycles. The summed E-state index contributed by atoms with van der Waals surface area (Å²) in [5.41, 5.74) is 2.58. The van der Waals surface area contributed by atoms with Crippen molar-refractivity contribution in [3.8, 4) is 0 Å². The second-order valence-electron chi connectivity index (χ2n) is 8.11. The second kappa shape index (κ2) is 15.6. The third-order valence-corrected chi connectivity index (χ3v) is 6.37. The van der Waals surface area contributed by atoms with E-state index in [1.165, 1.54) is 44.7 Å². The summed E-state index contributed by atoms with van der Waals surface area (Å²) >= 11 is 1.71. The van der Waals surface area contributed by atoms with Crippen LogP contribution in [0.15, 0.2) is 40.7 Å². The largest absolute Gasteiger partial charge is 0.357 e. The Morgan fingerprint density at radius 3 is 2.50 bits per heavy atom. The van der Waals surface area contributed by atoms with Crippen LogP contribution in [0, 0.1) is 6.92 Å². The Morgan fingerprint density at radius 1 is 1.06 bits per heavy atom. The molecule has 1 aliphatic heterocycles. The fraction of sp³-hybridized carbons (Fsp3) is 0.583. The van der Waals surface area contributed by atoms with Gasteiger partial charge in [0, 0.05) is 64.2 Å². The minimum atomic E-state index is 0. The molecule has 1 fully saturated rings. The number of nitrogens with one attached hydrogen (secondary N) is 2. The number of benzene rings is 1. The van der Waals surface area contributed by atoms with E-state index in [2.05, 4.69) is 75.0 Å². The van der Waals surface area contributed by atoms with Crippen molar-refractivity contribution in [2.45, 2.75) is 39.7 Å². The lowest BCUT2D eigenvalue weighted by molar-refractivity contribution is 0.126. The first kappa shape index (κ1) is 27.0. The van der Waals surface area contributed by atoms with Gasteiger partial charge >= 0.3 is 0 Å². The Hall–Kier alpha value is -1.23. The minimum Gasteiger partial charge on any atom is -0.357 e. The van der Waals surface area contributed by atoms with Crippen LogP contribution in [0.3, 0.4) is 0 Å². The highest BCUT2D eigenvalue weighted by molar-refractivity contribution is 14.0. The lowest BCUT2D eigenvalue weighted by atomic mass is 10.2. The summed E-state index contributed by atoms with van der Waals surface area (Å²) in [4.78, 5) is 14.4. The van der Waals surface area contributed by atoms with Crippen LogP contribution in [-0.2, 0) is 13.0 Å². The maximum absolute atomic E-state index is 4.74. The van der Waals surface area contributed by atoms with Crippen LogP contribution < -0.4 is 10.6 Å². The molecule has 0 amide bonds. The average molecular weight is 571 g/mol. The summed E-state index contributed by atoms with van der Waals surface area (Å²) in [5, 5.41) is 10.0. The van der Waals surface area contributed by atoms with Gasteiger partial charge in [-0.3, -0.25) is 9.89 Å². The molecule has 2 N–H and O–H groups in total. The SMILES string of the molecule is CCNC(=NCCCCN1CCN(Cc2ccccc2)CC1)NCCc1csc(C)n1.I. The molecule has 1 aromatic heterocycles. The van der Waals surface area contributed by atoms with Crippen LogP contribution in [0.4, 0.5) is 0 Å². The van der Waals surface area contributed by atoms with Gasteiger partial charge in [0.05, 0.1) is 10.7 Å². The molecule has 0 atom stereocenters. The Balaban J connectivity index is 0.00000363. The Kier molecular flexibility index (Phi) is 13.2. The van der Waals surface area contributed by atoms with Crippen LogP contribution in [-0.4, -0.2) is 73.1 Å². The number of hydrogen-bond acceptors (Lipinski definition) is 5. The molecule has 1 aromatic carbocycles. The normalized spacial score (nSPS) is 15.4. The van der Waals surface area contributed by atoms with Crippen molar-refractivity contribution >= 4 is 41.3 Å². The molecule has 8 heteroatoms. The van der Waals surface area contributed by atoms with Gasteiger partial charge in [-0.25, -0.2) is 4.98 Å². The van der Waals surface area contributed by atoms with E-state index < -0.39 is 0 Å². The van der Waals surface area contributed by atoms with Crippen LogP contribution >= 0.6 is 35.3 Å². The van der Waals surface area contributed by atoms with E-state index in [0.717, 1.165) is 55.7 Å². The zero-order valence-corrected chi connectivity index (χ0v) is 22.7. The van der Waals surface area contributed by atoms with Gasteiger partial charge in [0.2, 0.25) is 0 Å². The average Bonchev–Trinajstić information content (AvgIpc) is 3.20. The fourth-order valence-electron chi connectivity index (χ4n) is 3.82. The number of unbranched alkanes of at least 4 members (excludes halogenated alkanes) is 1. The number of rotatable bonds is 11. The zero-order chi connectivity index (χ0) is 21.7.